The van der Waals surface area contributed by atoms with Gasteiger partial charge in [0, 0.05) is 29.2 Å². The lowest BCUT2D eigenvalue weighted by Crippen LogP contribution is -2.53. The maximum atomic E-state index is 13.1. The van der Waals surface area contributed by atoms with E-state index in [4.69, 9.17) is 11.6 Å². The van der Waals surface area contributed by atoms with Gasteiger partial charge < -0.3 is 5.32 Å². The second-order valence-electron chi connectivity index (χ2n) is 7.11. The van der Waals surface area contributed by atoms with E-state index in [0.29, 0.717) is 17.9 Å². The number of carbonyl (C=O) groups excluding carboxylic acids is 1. The van der Waals surface area contributed by atoms with Crippen LogP contribution in [0.15, 0.2) is 47.4 Å². The van der Waals surface area contributed by atoms with E-state index >= 15 is 0 Å². The Labute approximate surface area is 164 Å². The number of carbonyl (C=O) groups is 1. The Bertz CT molecular complexity index is 989. The molecule has 2 aromatic rings. The number of Topliss-reactive ketones (excluding diaryl/α,β-unsaturated/α-hetero) is 1. The topological polar surface area (TPSA) is 75.3 Å². The van der Waals surface area contributed by atoms with Crippen molar-refractivity contribution in [3.63, 3.8) is 0 Å². The van der Waals surface area contributed by atoms with Gasteiger partial charge in [-0.25, -0.2) is 8.42 Å². The van der Waals surface area contributed by atoms with Gasteiger partial charge in [-0.15, -0.1) is 0 Å². The molecule has 0 aromatic heterocycles. The summed E-state index contributed by atoms with van der Waals surface area (Å²) in [6, 6.07) is 11.8. The average molecular weight is 405 g/mol. The van der Waals surface area contributed by atoms with E-state index < -0.39 is 15.6 Å². The van der Waals surface area contributed by atoms with Crippen LogP contribution in [-0.2, 0) is 26.8 Å². The highest BCUT2D eigenvalue weighted by atomic mass is 35.5. The minimum absolute atomic E-state index is 0.0756. The van der Waals surface area contributed by atoms with Crippen molar-refractivity contribution in [2.24, 2.45) is 0 Å². The first-order valence-corrected chi connectivity index (χ1v) is 11.0. The predicted octanol–water partition coefficient (Wildman–Crippen LogP) is 3.62. The first kappa shape index (κ1) is 18.5. The van der Waals surface area contributed by atoms with Crippen molar-refractivity contribution in [1.29, 1.82) is 0 Å². The number of hydrogen-bond acceptors (Lipinski definition) is 4. The van der Waals surface area contributed by atoms with Crippen LogP contribution in [-0.4, -0.2) is 20.7 Å². The molecule has 0 saturated heterocycles. The molecule has 142 valence electrons. The highest BCUT2D eigenvalue weighted by molar-refractivity contribution is 7.89. The Hall–Kier alpha value is -1.89. The van der Waals surface area contributed by atoms with Crippen LogP contribution in [0.4, 0.5) is 5.69 Å². The summed E-state index contributed by atoms with van der Waals surface area (Å²) in [5.74, 6) is -0.0756. The number of nitrogens with one attached hydrogen (secondary N) is 2. The molecule has 1 heterocycles. The largest absolute Gasteiger partial charge is 0.384 e. The molecule has 1 aliphatic heterocycles. The molecule has 2 aliphatic rings. The molecule has 0 spiro atoms. The van der Waals surface area contributed by atoms with E-state index in [2.05, 4.69) is 10.0 Å². The summed E-state index contributed by atoms with van der Waals surface area (Å²) < 4.78 is 29.0. The van der Waals surface area contributed by atoms with Gasteiger partial charge in [0.25, 0.3) is 0 Å². The summed E-state index contributed by atoms with van der Waals surface area (Å²) in [7, 11) is -3.89. The first-order valence-electron chi connectivity index (χ1n) is 9.11. The number of anilines is 1. The fourth-order valence-electron chi connectivity index (χ4n) is 4.07. The molecule has 2 aromatic carbocycles. The summed E-state index contributed by atoms with van der Waals surface area (Å²) >= 11 is 5.89. The zero-order valence-electron chi connectivity index (χ0n) is 14.8. The zero-order chi connectivity index (χ0) is 19.1. The van der Waals surface area contributed by atoms with Crippen LogP contribution in [0, 0.1) is 0 Å². The molecule has 1 aliphatic carbocycles. The second-order valence-corrected chi connectivity index (χ2v) is 9.23. The van der Waals surface area contributed by atoms with Crippen molar-refractivity contribution in [1.82, 2.24) is 4.72 Å². The lowest BCUT2D eigenvalue weighted by Gasteiger charge is -2.37. The molecule has 1 fully saturated rings. The molecule has 4 rings (SSSR count). The van der Waals surface area contributed by atoms with Crippen molar-refractivity contribution < 1.29 is 13.2 Å². The number of halogens is 1. The minimum Gasteiger partial charge on any atom is -0.384 e. The molecule has 1 saturated carbocycles. The van der Waals surface area contributed by atoms with Gasteiger partial charge >= 0.3 is 0 Å². The lowest BCUT2D eigenvalue weighted by molar-refractivity contribution is -0.127. The van der Waals surface area contributed by atoms with E-state index in [1.165, 1.54) is 24.3 Å². The molecule has 1 atom stereocenters. The van der Waals surface area contributed by atoms with Gasteiger partial charge in [0.05, 0.1) is 4.90 Å². The van der Waals surface area contributed by atoms with Crippen LogP contribution in [0.3, 0.4) is 0 Å². The van der Waals surface area contributed by atoms with Crippen LogP contribution < -0.4 is 10.0 Å². The van der Waals surface area contributed by atoms with E-state index in [9.17, 15) is 13.2 Å². The summed E-state index contributed by atoms with van der Waals surface area (Å²) in [6.45, 7) is 0.792. The molecule has 0 amide bonds. The van der Waals surface area contributed by atoms with Crippen LogP contribution in [0.1, 0.15) is 36.8 Å². The number of fused-ring (bicyclic) bond motifs is 1. The van der Waals surface area contributed by atoms with E-state index in [1.807, 2.05) is 18.2 Å². The van der Waals surface area contributed by atoms with Gasteiger partial charge in [0.2, 0.25) is 10.0 Å². The smallest absolute Gasteiger partial charge is 0.241 e. The average Bonchev–Trinajstić information content (AvgIpc) is 3.12. The molecular weight excluding hydrogens is 384 g/mol. The maximum absolute atomic E-state index is 13.1. The van der Waals surface area contributed by atoms with Gasteiger partial charge in [-0.05, 0) is 49.1 Å². The van der Waals surface area contributed by atoms with E-state index in [1.54, 1.807) is 0 Å². The molecule has 7 heteroatoms. The Kier molecular flexibility index (Phi) is 4.74. The number of rotatable bonds is 4. The van der Waals surface area contributed by atoms with Gasteiger partial charge in [0.15, 0.2) is 5.78 Å². The first-order chi connectivity index (χ1) is 12.9. The quantitative estimate of drug-likeness (QED) is 0.816. The molecule has 0 bridgehead atoms. The maximum Gasteiger partial charge on any atom is 0.241 e. The van der Waals surface area contributed by atoms with Gasteiger partial charge in [-0.2, -0.15) is 4.72 Å². The van der Waals surface area contributed by atoms with Crippen LogP contribution in [0.2, 0.25) is 5.02 Å². The number of para-hydroxylation sites is 1. The third-order valence-electron chi connectivity index (χ3n) is 5.42. The van der Waals surface area contributed by atoms with Crippen molar-refractivity contribution >= 4 is 33.1 Å². The number of benzene rings is 2. The van der Waals surface area contributed by atoms with E-state index in [0.717, 1.165) is 42.6 Å². The summed E-state index contributed by atoms with van der Waals surface area (Å²) in [6.07, 6.45) is 3.27. The molecular formula is C20H21ClN2O3S. The van der Waals surface area contributed by atoms with Crippen LogP contribution in [0.25, 0.3) is 0 Å². The molecule has 0 radical (unpaired) electrons. The van der Waals surface area contributed by atoms with E-state index in [-0.39, 0.29) is 10.7 Å². The Balaban J connectivity index is 1.82. The number of ketones is 1. The fraction of sp³-hybridized carbons (Fsp3) is 0.350. The highest BCUT2D eigenvalue weighted by Crippen LogP contribution is 2.42. The summed E-state index contributed by atoms with van der Waals surface area (Å²) in [4.78, 5) is 13.2. The van der Waals surface area contributed by atoms with Crippen LogP contribution >= 0.6 is 11.6 Å². The molecule has 2 N–H and O–H groups in total. The van der Waals surface area contributed by atoms with Crippen molar-refractivity contribution in [3.8, 4) is 0 Å². The molecule has 5 nitrogen and oxygen atoms in total. The number of sulfonamides is 1. The van der Waals surface area contributed by atoms with Crippen molar-refractivity contribution in [3.05, 3.63) is 58.6 Å². The molecule has 27 heavy (non-hydrogen) atoms. The third-order valence-corrected chi connectivity index (χ3v) is 7.18. The monoisotopic (exact) mass is 404 g/mol. The lowest BCUT2D eigenvalue weighted by atomic mass is 9.75. The highest BCUT2D eigenvalue weighted by Gasteiger charge is 2.46. The van der Waals surface area contributed by atoms with Crippen LogP contribution in [0.5, 0.6) is 0 Å². The Morgan fingerprint density at radius 1 is 1.04 bits per heavy atom. The predicted molar refractivity (Wildman–Crippen MR) is 106 cm³/mol. The van der Waals surface area contributed by atoms with Gasteiger partial charge in [-0.3, -0.25) is 4.79 Å². The summed E-state index contributed by atoms with van der Waals surface area (Å²) in [5.41, 5.74) is 1.52. The standard InChI is InChI=1S/C20H21ClN2O3S/c21-15-7-9-16(10-8-15)27(25,26)23-20(12-2-1-6-18(20)24)17-5-3-4-14-11-13-22-19(14)17/h3-5,7-10,22-23H,1-2,6,11-13H2/t20-/m1/s1. The van der Waals surface area contributed by atoms with Crippen molar-refractivity contribution in [2.45, 2.75) is 42.5 Å². The van der Waals surface area contributed by atoms with Crippen molar-refractivity contribution in [2.75, 3.05) is 11.9 Å². The Morgan fingerprint density at radius 3 is 2.56 bits per heavy atom. The second kappa shape index (κ2) is 6.93. The fourth-order valence-corrected chi connectivity index (χ4v) is 5.60. The molecule has 0 unspecified atom stereocenters. The van der Waals surface area contributed by atoms with Gasteiger partial charge in [-0.1, -0.05) is 36.2 Å². The minimum atomic E-state index is -3.89. The third kappa shape index (κ3) is 3.26. The summed E-state index contributed by atoms with van der Waals surface area (Å²) in [5, 5.41) is 3.80. The zero-order valence-corrected chi connectivity index (χ0v) is 16.4. The Morgan fingerprint density at radius 2 is 1.81 bits per heavy atom. The number of hydrogen-bond donors (Lipinski definition) is 2. The van der Waals surface area contributed by atoms with Gasteiger partial charge in [0.1, 0.15) is 5.54 Å². The normalized spacial score (nSPS) is 22.3. The SMILES string of the molecule is O=C1CCCC[C@@]1(NS(=O)(=O)c1ccc(Cl)cc1)c1cccc2c1NCC2.